The van der Waals surface area contributed by atoms with Crippen molar-refractivity contribution in [3.8, 4) is 0 Å². The number of rotatable bonds is 4. The highest BCUT2D eigenvalue weighted by atomic mass is 15.3. The number of hydrogen-bond donors (Lipinski definition) is 1. The van der Waals surface area contributed by atoms with Crippen LogP contribution in [0, 0.1) is 11.8 Å². The molecule has 0 saturated heterocycles. The first-order valence-corrected chi connectivity index (χ1v) is 6.51. The van der Waals surface area contributed by atoms with E-state index < -0.39 is 0 Å². The average molecular weight is 221 g/mol. The Kier molecular flexibility index (Phi) is 3.86. The fraction of sp³-hybridized carbons (Fsp3) is 0.769. The number of nitrogens with one attached hydrogen (secondary N) is 1. The van der Waals surface area contributed by atoms with E-state index in [2.05, 4.69) is 17.3 Å². The zero-order chi connectivity index (χ0) is 11.4. The first-order valence-electron chi connectivity index (χ1n) is 6.51. The van der Waals surface area contributed by atoms with Crippen molar-refractivity contribution in [1.29, 1.82) is 0 Å². The molecule has 90 valence electrons. The Morgan fingerprint density at radius 1 is 1.44 bits per heavy atom. The van der Waals surface area contributed by atoms with Crippen LogP contribution < -0.4 is 5.32 Å². The fourth-order valence-electron chi connectivity index (χ4n) is 2.75. The summed E-state index contributed by atoms with van der Waals surface area (Å²) in [5, 5.41) is 7.67. The molecule has 0 amide bonds. The minimum absolute atomic E-state index is 0.855. The van der Waals surface area contributed by atoms with Gasteiger partial charge in [0, 0.05) is 19.7 Å². The van der Waals surface area contributed by atoms with E-state index in [1.807, 2.05) is 24.0 Å². The number of aryl methyl sites for hydroxylation is 1. The second-order valence-corrected chi connectivity index (χ2v) is 5.03. The van der Waals surface area contributed by atoms with Crippen LogP contribution >= 0.6 is 0 Å². The third kappa shape index (κ3) is 2.77. The molecule has 1 aliphatic rings. The molecule has 0 bridgehead atoms. The van der Waals surface area contributed by atoms with Gasteiger partial charge in [0.15, 0.2) is 0 Å². The number of aromatic nitrogens is 2. The Morgan fingerprint density at radius 3 is 2.94 bits per heavy atom. The summed E-state index contributed by atoms with van der Waals surface area (Å²) >= 11 is 0. The molecule has 16 heavy (non-hydrogen) atoms. The Morgan fingerprint density at radius 2 is 2.25 bits per heavy atom. The van der Waals surface area contributed by atoms with Gasteiger partial charge in [-0.3, -0.25) is 4.68 Å². The maximum absolute atomic E-state index is 4.17. The highest BCUT2D eigenvalue weighted by Crippen LogP contribution is 2.30. The Hall–Kier alpha value is -0.990. The van der Waals surface area contributed by atoms with Gasteiger partial charge in [-0.2, -0.15) is 5.10 Å². The van der Waals surface area contributed by atoms with Crippen molar-refractivity contribution in [2.24, 2.45) is 18.9 Å². The quantitative estimate of drug-likeness (QED) is 0.847. The van der Waals surface area contributed by atoms with Gasteiger partial charge in [0.25, 0.3) is 0 Å². The predicted molar refractivity (Wildman–Crippen MR) is 67.4 cm³/mol. The summed E-state index contributed by atoms with van der Waals surface area (Å²) in [6.45, 7) is 3.43. The van der Waals surface area contributed by atoms with Gasteiger partial charge in [-0.05, 0) is 24.7 Å². The molecule has 0 aromatic carbocycles. The molecule has 1 aromatic rings. The molecular formula is C13H23N3. The third-order valence-corrected chi connectivity index (χ3v) is 3.86. The SMILES string of the molecule is CCC1CCCC(CNc2ccnn2C)C1. The van der Waals surface area contributed by atoms with Crippen LogP contribution in [0.1, 0.15) is 39.0 Å². The highest BCUT2D eigenvalue weighted by Gasteiger charge is 2.20. The summed E-state index contributed by atoms with van der Waals surface area (Å²) in [4.78, 5) is 0. The van der Waals surface area contributed by atoms with E-state index in [9.17, 15) is 0 Å². The summed E-state index contributed by atoms with van der Waals surface area (Å²) in [5.41, 5.74) is 0. The lowest BCUT2D eigenvalue weighted by molar-refractivity contribution is 0.270. The average Bonchev–Trinajstić information content (AvgIpc) is 2.72. The minimum Gasteiger partial charge on any atom is -0.370 e. The highest BCUT2D eigenvalue weighted by molar-refractivity contribution is 5.33. The van der Waals surface area contributed by atoms with Gasteiger partial charge >= 0.3 is 0 Å². The second kappa shape index (κ2) is 5.37. The summed E-state index contributed by atoms with van der Waals surface area (Å²) in [6.07, 6.45) is 8.85. The zero-order valence-electron chi connectivity index (χ0n) is 10.4. The number of hydrogen-bond acceptors (Lipinski definition) is 2. The lowest BCUT2D eigenvalue weighted by atomic mass is 9.80. The fourth-order valence-corrected chi connectivity index (χ4v) is 2.75. The van der Waals surface area contributed by atoms with Crippen LogP contribution in [0.4, 0.5) is 5.82 Å². The molecule has 2 rings (SSSR count). The molecule has 1 N–H and O–H groups in total. The van der Waals surface area contributed by atoms with Gasteiger partial charge in [0.1, 0.15) is 5.82 Å². The lowest BCUT2D eigenvalue weighted by Gasteiger charge is -2.28. The molecule has 1 aliphatic carbocycles. The van der Waals surface area contributed by atoms with Crippen LogP contribution in [0.25, 0.3) is 0 Å². The van der Waals surface area contributed by atoms with Crippen LogP contribution in [0.2, 0.25) is 0 Å². The molecule has 0 radical (unpaired) electrons. The summed E-state index contributed by atoms with van der Waals surface area (Å²) in [7, 11) is 1.98. The van der Waals surface area contributed by atoms with Crippen molar-refractivity contribution in [2.45, 2.75) is 39.0 Å². The summed E-state index contributed by atoms with van der Waals surface area (Å²) in [6, 6.07) is 2.04. The van der Waals surface area contributed by atoms with E-state index in [4.69, 9.17) is 0 Å². The van der Waals surface area contributed by atoms with Crippen LogP contribution in [-0.2, 0) is 7.05 Å². The monoisotopic (exact) mass is 221 g/mol. The molecule has 0 spiro atoms. The normalized spacial score (nSPS) is 25.6. The molecule has 0 aliphatic heterocycles. The van der Waals surface area contributed by atoms with E-state index in [0.29, 0.717) is 0 Å². The molecule has 1 aromatic heterocycles. The predicted octanol–water partition coefficient (Wildman–Crippen LogP) is 3.05. The smallest absolute Gasteiger partial charge is 0.123 e. The van der Waals surface area contributed by atoms with Gasteiger partial charge in [0.05, 0.1) is 6.20 Å². The minimum atomic E-state index is 0.855. The van der Waals surface area contributed by atoms with Crippen molar-refractivity contribution >= 4 is 5.82 Å². The molecule has 2 unspecified atom stereocenters. The van der Waals surface area contributed by atoms with Crippen LogP contribution in [0.5, 0.6) is 0 Å². The lowest BCUT2D eigenvalue weighted by Crippen LogP contribution is -2.22. The van der Waals surface area contributed by atoms with E-state index >= 15 is 0 Å². The molecular weight excluding hydrogens is 198 g/mol. The first-order chi connectivity index (χ1) is 7.79. The van der Waals surface area contributed by atoms with E-state index in [-0.39, 0.29) is 0 Å². The first kappa shape index (κ1) is 11.5. The number of anilines is 1. The van der Waals surface area contributed by atoms with Gasteiger partial charge in [-0.25, -0.2) is 0 Å². The number of nitrogens with zero attached hydrogens (tertiary/aromatic N) is 2. The largest absolute Gasteiger partial charge is 0.370 e. The molecule has 3 heteroatoms. The molecule has 1 saturated carbocycles. The van der Waals surface area contributed by atoms with Crippen molar-refractivity contribution in [1.82, 2.24) is 9.78 Å². The molecule has 1 fully saturated rings. The van der Waals surface area contributed by atoms with Gasteiger partial charge in [0.2, 0.25) is 0 Å². The second-order valence-electron chi connectivity index (χ2n) is 5.03. The topological polar surface area (TPSA) is 29.9 Å². The van der Waals surface area contributed by atoms with Crippen LogP contribution in [0.15, 0.2) is 12.3 Å². The Labute approximate surface area is 98.2 Å². The standard InChI is InChI=1S/C13H23N3/c1-3-11-5-4-6-12(9-11)10-14-13-7-8-15-16(13)2/h7-8,11-12,14H,3-6,9-10H2,1-2H3. The maximum atomic E-state index is 4.17. The van der Waals surface area contributed by atoms with Crippen molar-refractivity contribution in [3.05, 3.63) is 12.3 Å². The molecule has 3 nitrogen and oxygen atoms in total. The van der Waals surface area contributed by atoms with E-state index in [1.165, 1.54) is 32.1 Å². The Balaban J connectivity index is 1.79. The van der Waals surface area contributed by atoms with Crippen LogP contribution in [0.3, 0.4) is 0 Å². The molecule has 1 heterocycles. The summed E-state index contributed by atoms with van der Waals surface area (Å²) < 4.78 is 1.90. The van der Waals surface area contributed by atoms with Gasteiger partial charge in [-0.15, -0.1) is 0 Å². The van der Waals surface area contributed by atoms with Gasteiger partial charge < -0.3 is 5.32 Å². The van der Waals surface area contributed by atoms with Crippen molar-refractivity contribution in [2.75, 3.05) is 11.9 Å². The van der Waals surface area contributed by atoms with Crippen LogP contribution in [-0.4, -0.2) is 16.3 Å². The third-order valence-electron chi connectivity index (χ3n) is 3.86. The maximum Gasteiger partial charge on any atom is 0.123 e. The van der Waals surface area contributed by atoms with Crippen molar-refractivity contribution in [3.63, 3.8) is 0 Å². The van der Waals surface area contributed by atoms with E-state index in [1.54, 1.807) is 0 Å². The zero-order valence-corrected chi connectivity index (χ0v) is 10.4. The Bertz CT molecular complexity index is 319. The molecule has 2 atom stereocenters. The van der Waals surface area contributed by atoms with Crippen molar-refractivity contribution < 1.29 is 0 Å². The van der Waals surface area contributed by atoms with Gasteiger partial charge in [-0.1, -0.05) is 26.2 Å². The summed E-state index contributed by atoms with van der Waals surface area (Å²) in [5.74, 6) is 2.96. The van der Waals surface area contributed by atoms with E-state index in [0.717, 1.165) is 24.2 Å².